The number of hydrogen-bond acceptors (Lipinski definition) is 4. The lowest BCUT2D eigenvalue weighted by Crippen LogP contribution is -2.30. The van der Waals surface area contributed by atoms with Crippen molar-refractivity contribution in [3.05, 3.63) is 41.1 Å². The van der Waals surface area contributed by atoms with Gasteiger partial charge in [-0.05, 0) is 44.5 Å². The van der Waals surface area contributed by atoms with E-state index in [4.69, 9.17) is 9.72 Å². The minimum atomic E-state index is -0.289. The van der Waals surface area contributed by atoms with Crippen molar-refractivity contribution in [1.29, 1.82) is 0 Å². The van der Waals surface area contributed by atoms with Gasteiger partial charge in [-0.3, -0.25) is 9.88 Å². The van der Waals surface area contributed by atoms with Crippen molar-refractivity contribution in [2.24, 2.45) is 0 Å². The molecule has 0 aliphatic carbocycles. The van der Waals surface area contributed by atoms with Crippen molar-refractivity contribution >= 4 is 16.9 Å². The number of carbonyl (C=O) groups is 1. The number of methoxy groups -OCH3 is 1. The van der Waals surface area contributed by atoms with Gasteiger partial charge < -0.3 is 4.74 Å². The Bertz CT molecular complexity index is 691. The van der Waals surface area contributed by atoms with E-state index in [-0.39, 0.29) is 5.97 Å². The van der Waals surface area contributed by atoms with Gasteiger partial charge >= 0.3 is 5.97 Å². The maximum absolute atomic E-state index is 12.3. The molecular formula is C18H22N2O2. The first kappa shape index (κ1) is 15.0. The van der Waals surface area contributed by atoms with Crippen molar-refractivity contribution < 1.29 is 9.53 Å². The van der Waals surface area contributed by atoms with Crippen molar-refractivity contribution in [3.63, 3.8) is 0 Å². The Morgan fingerprint density at radius 1 is 1.23 bits per heavy atom. The van der Waals surface area contributed by atoms with Crippen LogP contribution in [0.15, 0.2) is 24.3 Å². The van der Waals surface area contributed by atoms with E-state index in [0.29, 0.717) is 5.56 Å². The molecule has 0 atom stereocenters. The molecular weight excluding hydrogens is 276 g/mol. The first-order chi connectivity index (χ1) is 10.7. The third-order valence-electron chi connectivity index (χ3n) is 4.44. The summed E-state index contributed by atoms with van der Waals surface area (Å²) in [6, 6.07) is 7.97. The number of esters is 1. The summed E-state index contributed by atoms with van der Waals surface area (Å²) < 4.78 is 5.00. The SMILES string of the molecule is COC(=O)c1c(CN2CCCCC2)nc2ccccc2c1C. The summed E-state index contributed by atoms with van der Waals surface area (Å²) in [7, 11) is 1.43. The monoisotopic (exact) mass is 298 g/mol. The smallest absolute Gasteiger partial charge is 0.340 e. The van der Waals surface area contributed by atoms with Crippen molar-refractivity contribution in [3.8, 4) is 0 Å². The van der Waals surface area contributed by atoms with E-state index in [0.717, 1.165) is 41.8 Å². The van der Waals surface area contributed by atoms with E-state index < -0.39 is 0 Å². The van der Waals surface area contributed by atoms with Crippen LogP contribution in [0.3, 0.4) is 0 Å². The fraction of sp³-hybridized carbons (Fsp3) is 0.444. The number of piperidine rings is 1. The molecule has 22 heavy (non-hydrogen) atoms. The van der Waals surface area contributed by atoms with Gasteiger partial charge in [0, 0.05) is 11.9 Å². The van der Waals surface area contributed by atoms with E-state index >= 15 is 0 Å². The Morgan fingerprint density at radius 3 is 2.68 bits per heavy atom. The predicted octanol–water partition coefficient (Wildman–Crippen LogP) is 3.32. The molecule has 1 aromatic carbocycles. The molecule has 1 aliphatic rings. The van der Waals surface area contributed by atoms with Crippen LogP contribution in [-0.2, 0) is 11.3 Å². The Kier molecular flexibility index (Phi) is 4.39. The highest BCUT2D eigenvalue weighted by Gasteiger charge is 2.21. The summed E-state index contributed by atoms with van der Waals surface area (Å²) in [4.78, 5) is 19.4. The third kappa shape index (κ3) is 2.83. The Balaban J connectivity index is 2.07. The van der Waals surface area contributed by atoms with Crippen LogP contribution in [-0.4, -0.2) is 36.1 Å². The maximum atomic E-state index is 12.3. The molecule has 2 heterocycles. The molecule has 1 saturated heterocycles. The summed E-state index contributed by atoms with van der Waals surface area (Å²) in [6.07, 6.45) is 3.74. The van der Waals surface area contributed by atoms with Crippen molar-refractivity contribution in [1.82, 2.24) is 9.88 Å². The number of ether oxygens (including phenoxy) is 1. The highest BCUT2D eigenvalue weighted by atomic mass is 16.5. The zero-order valence-electron chi connectivity index (χ0n) is 13.3. The van der Waals surface area contributed by atoms with Crippen LogP contribution in [0, 0.1) is 6.92 Å². The summed E-state index contributed by atoms with van der Waals surface area (Å²) in [5.41, 5.74) is 3.38. The molecule has 0 unspecified atom stereocenters. The minimum Gasteiger partial charge on any atom is -0.465 e. The first-order valence-corrected chi connectivity index (χ1v) is 7.89. The van der Waals surface area contributed by atoms with Gasteiger partial charge in [0.15, 0.2) is 0 Å². The van der Waals surface area contributed by atoms with Gasteiger partial charge in [0.1, 0.15) is 0 Å². The van der Waals surface area contributed by atoms with Gasteiger partial charge in [-0.2, -0.15) is 0 Å². The van der Waals surface area contributed by atoms with Crippen molar-refractivity contribution in [2.75, 3.05) is 20.2 Å². The predicted molar refractivity (Wildman–Crippen MR) is 86.9 cm³/mol. The number of pyridine rings is 1. The van der Waals surface area contributed by atoms with E-state index in [1.54, 1.807) is 0 Å². The van der Waals surface area contributed by atoms with Gasteiger partial charge in [-0.15, -0.1) is 0 Å². The molecule has 0 radical (unpaired) electrons. The van der Waals surface area contributed by atoms with E-state index in [2.05, 4.69) is 4.90 Å². The molecule has 116 valence electrons. The number of aromatic nitrogens is 1. The number of para-hydroxylation sites is 1. The van der Waals surface area contributed by atoms with Crippen LogP contribution in [0.5, 0.6) is 0 Å². The second kappa shape index (κ2) is 6.44. The van der Waals surface area contributed by atoms with Crippen LogP contribution in [0.25, 0.3) is 10.9 Å². The second-order valence-electron chi connectivity index (χ2n) is 5.90. The Labute approximate surface area is 131 Å². The van der Waals surface area contributed by atoms with Gasteiger partial charge in [0.2, 0.25) is 0 Å². The average molecular weight is 298 g/mol. The number of likely N-dealkylation sites (tertiary alicyclic amines) is 1. The largest absolute Gasteiger partial charge is 0.465 e. The highest BCUT2D eigenvalue weighted by Crippen LogP contribution is 2.25. The average Bonchev–Trinajstić information content (AvgIpc) is 2.55. The number of fused-ring (bicyclic) bond motifs is 1. The quantitative estimate of drug-likeness (QED) is 0.815. The lowest BCUT2D eigenvalue weighted by atomic mass is 10.0. The Hall–Kier alpha value is -1.94. The van der Waals surface area contributed by atoms with E-state index in [1.165, 1.54) is 26.4 Å². The highest BCUT2D eigenvalue weighted by molar-refractivity contribution is 5.98. The van der Waals surface area contributed by atoms with Gasteiger partial charge in [-0.1, -0.05) is 24.6 Å². The molecule has 4 heteroatoms. The van der Waals surface area contributed by atoms with Crippen LogP contribution in [0.1, 0.15) is 40.9 Å². The van der Waals surface area contributed by atoms with Crippen molar-refractivity contribution in [2.45, 2.75) is 32.7 Å². The van der Waals surface area contributed by atoms with Crippen LogP contribution in [0.2, 0.25) is 0 Å². The number of nitrogens with zero attached hydrogens (tertiary/aromatic N) is 2. The second-order valence-corrected chi connectivity index (χ2v) is 5.90. The van der Waals surface area contributed by atoms with Gasteiger partial charge in [-0.25, -0.2) is 4.79 Å². The fourth-order valence-corrected chi connectivity index (χ4v) is 3.26. The molecule has 0 amide bonds. The molecule has 1 fully saturated rings. The molecule has 0 spiro atoms. The topological polar surface area (TPSA) is 42.4 Å². The normalized spacial score (nSPS) is 15.9. The molecule has 1 aliphatic heterocycles. The number of rotatable bonds is 3. The molecule has 3 rings (SSSR count). The van der Waals surface area contributed by atoms with E-state index in [9.17, 15) is 4.79 Å². The maximum Gasteiger partial charge on any atom is 0.340 e. The zero-order chi connectivity index (χ0) is 15.5. The number of aryl methyl sites for hydroxylation is 1. The number of hydrogen-bond donors (Lipinski definition) is 0. The summed E-state index contributed by atoms with van der Waals surface area (Å²) in [5, 5.41) is 1.02. The fourth-order valence-electron chi connectivity index (χ4n) is 3.26. The zero-order valence-corrected chi connectivity index (χ0v) is 13.3. The molecule has 0 N–H and O–H groups in total. The summed E-state index contributed by atoms with van der Waals surface area (Å²) in [5.74, 6) is -0.289. The van der Waals surface area contributed by atoms with Crippen LogP contribution < -0.4 is 0 Å². The molecule has 4 nitrogen and oxygen atoms in total. The van der Waals surface area contributed by atoms with E-state index in [1.807, 2.05) is 31.2 Å². The molecule has 2 aromatic rings. The summed E-state index contributed by atoms with van der Waals surface area (Å²) in [6.45, 7) is 4.86. The summed E-state index contributed by atoms with van der Waals surface area (Å²) >= 11 is 0. The number of benzene rings is 1. The van der Waals surface area contributed by atoms with Crippen LogP contribution >= 0.6 is 0 Å². The van der Waals surface area contributed by atoms with Crippen LogP contribution in [0.4, 0.5) is 0 Å². The van der Waals surface area contributed by atoms with Gasteiger partial charge in [0.05, 0.1) is 23.9 Å². The third-order valence-corrected chi connectivity index (χ3v) is 4.44. The molecule has 0 bridgehead atoms. The standard InChI is InChI=1S/C18H22N2O2/c1-13-14-8-4-5-9-15(14)19-16(17(13)18(21)22-2)12-20-10-6-3-7-11-20/h4-5,8-9H,3,6-7,10-12H2,1-2H3. The Morgan fingerprint density at radius 2 is 1.95 bits per heavy atom. The lowest BCUT2D eigenvalue weighted by Gasteiger charge is -2.27. The number of carbonyl (C=O) groups excluding carboxylic acids is 1. The molecule has 1 aromatic heterocycles. The minimum absolute atomic E-state index is 0.289. The lowest BCUT2D eigenvalue weighted by molar-refractivity contribution is 0.0596. The molecule has 0 saturated carbocycles. The van der Waals surface area contributed by atoms with Gasteiger partial charge in [0.25, 0.3) is 0 Å². The first-order valence-electron chi connectivity index (χ1n) is 7.89.